The zero-order valence-corrected chi connectivity index (χ0v) is 33.3. The van der Waals surface area contributed by atoms with Gasteiger partial charge in [-0.2, -0.15) is 0 Å². The molecule has 49 heavy (non-hydrogen) atoms. The molecule has 0 heterocycles. The lowest BCUT2D eigenvalue weighted by molar-refractivity contribution is -0.167. The summed E-state index contributed by atoms with van der Waals surface area (Å²) < 4.78 is 16.6. The number of carbonyl (C=O) groups excluding carboxylic acids is 3. The molecule has 0 aliphatic heterocycles. The Kier molecular flexibility index (Phi) is 35.0. The van der Waals surface area contributed by atoms with Crippen LogP contribution in [0.5, 0.6) is 0 Å². The van der Waals surface area contributed by atoms with E-state index in [1.165, 1.54) is 109 Å². The maximum absolute atomic E-state index is 12.5. The number of ether oxygens (including phenoxy) is 3. The molecule has 6 heteroatoms. The van der Waals surface area contributed by atoms with Crippen LogP contribution in [0.2, 0.25) is 0 Å². The molecule has 0 N–H and O–H groups in total. The van der Waals surface area contributed by atoms with E-state index in [4.69, 9.17) is 14.2 Å². The first-order chi connectivity index (χ1) is 23.8. The molecule has 0 aliphatic carbocycles. The Hall–Kier alpha value is -1.59. The lowest BCUT2D eigenvalue weighted by atomic mass is 9.99. The number of esters is 3. The summed E-state index contributed by atoms with van der Waals surface area (Å²) in [6.45, 7) is 11.2. The number of unbranched alkanes of at least 4 members (excludes halogenated alkanes) is 21. The van der Waals surface area contributed by atoms with Gasteiger partial charge in [-0.05, 0) is 31.1 Å². The summed E-state index contributed by atoms with van der Waals surface area (Å²) in [5, 5.41) is 0. The second kappa shape index (κ2) is 36.2. The zero-order valence-electron chi connectivity index (χ0n) is 33.3. The molecule has 0 aromatic carbocycles. The SMILES string of the molecule is CCCCCCCC(=O)O[C@H](COC(=O)CCCCCCCCCCCCCC(C)C)COC(=O)CCCCCCCCCCC(C)CC. The van der Waals surface area contributed by atoms with Crippen molar-refractivity contribution in [1.82, 2.24) is 0 Å². The van der Waals surface area contributed by atoms with E-state index in [0.717, 1.165) is 76.0 Å². The van der Waals surface area contributed by atoms with Crippen molar-refractivity contribution in [2.75, 3.05) is 13.2 Å². The van der Waals surface area contributed by atoms with E-state index < -0.39 is 6.10 Å². The molecule has 0 saturated carbocycles. The lowest BCUT2D eigenvalue weighted by Gasteiger charge is -2.18. The molecule has 290 valence electrons. The largest absolute Gasteiger partial charge is 0.462 e. The molecule has 1 unspecified atom stereocenters. The first kappa shape index (κ1) is 47.4. The van der Waals surface area contributed by atoms with Gasteiger partial charge in [0.25, 0.3) is 0 Å². The molecule has 0 radical (unpaired) electrons. The predicted octanol–water partition coefficient (Wildman–Crippen LogP) is 13.0. The molecule has 0 bridgehead atoms. The summed E-state index contributed by atoms with van der Waals surface area (Å²) >= 11 is 0. The number of carbonyl (C=O) groups is 3. The highest BCUT2D eigenvalue weighted by molar-refractivity contribution is 5.71. The summed E-state index contributed by atoms with van der Waals surface area (Å²) in [5.41, 5.74) is 0. The Balaban J connectivity index is 4.19. The van der Waals surface area contributed by atoms with Gasteiger partial charge in [0.1, 0.15) is 13.2 Å². The van der Waals surface area contributed by atoms with Gasteiger partial charge >= 0.3 is 17.9 Å². The van der Waals surface area contributed by atoms with Gasteiger partial charge in [0, 0.05) is 19.3 Å². The van der Waals surface area contributed by atoms with E-state index in [2.05, 4.69) is 34.6 Å². The Morgan fingerprint density at radius 2 is 0.776 bits per heavy atom. The summed E-state index contributed by atoms with van der Waals surface area (Å²) in [4.78, 5) is 37.3. The molecule has 6 nitrogen and oxygen atoms in total. The van der Waals surface area contributed by atoms with Crippen molar-refractivity contribution in [3.8, 4) is 0 Å². The first-order valence-corrected chi connectivity index (χ1v) is 21.3. The van der Waals surface area contributed by atoms with Crippen molar-refractivity contribution >= 4 is 17.9 Å². The molecule has 2 atom stereocenters. The van der Waals surface area contributed by atoms with E-state index in [9.17, 15) is 14.4 Å². The van der Waals surface area contributed by atoms with Crippen molar-refractivity contribution in [2.24, 2.45) is 11.8 Å². The second-order valence-electron chi connectivity index (χ2n) is 15.3. The maximum atomic E-state index is 12.5. The van der Waals surface area contributed by atoms with Crippen molar-refractivity contribution in [3.05, 3.63) is 0 Å². The van der Waals surface area contributed by atoms with Crippen molar-refractivity contribution in [1.29, 1.82) is 0 Å². The van der Waals surface area contributed by atoms with Crippen LogP contribution >= 0.6 is 0 Å². The maximum Gasteiger partial charge on any atom is 0.306 e. The molecule has 0 fully saturated rings. The van der Waals surface area contributed by atoms with Crippen LogP contribution in [0.4, 0.5) is 0 Å². The van der Waals surface area contributed by atoms with Gasteiger partial charge in [0.05, 0.1) is 0 Å². The van der Waals surface area contributed by atoms with E-state index in [-0.39, 0.29) is 31.1 Å². The van der Waals surface area contributed by atoms with Gasteiger partial charge in [-0.3, -0.25) is 14.4 Å². The molecule has 0 aliphatic rings. The fourth-order valence-electron chi connectivity index (χ4n) is 6.19. The van der Waals surface area contributed by atoms with E-state index in [1.54, 1.807) is 0 Å². The minimum Gasteiger partial charge on any atom is -0.462 e. The van der Waals surface area contributed by atoms with Crippen LogP contribution in [-0.4, -0.2) is 37.2 Å². The van der Waals surface area contributed by atoms with Gasteiger partial charge in [0.2, 0.25) is 0 Å². The van der Waals surface area contributed by atoms with Crippen LogP contribution in [0.3, 0.4) is 0 Å². The van der Waals surface area contributed by atoms with E-state index >= 15 is 0 Å². The summed E-state index contributed by atoms with van der Waals surface area (Å²) in [6.07, 6.45) is 32.6. The second-order valence-corrected chi connectivity index (χ2v) is 15.3. The molecule has 0 amide bonds. The highest BCUT2D eigenvalue weighted by Crippen LogP contribution is 2.17. The van der Waals surface area contributed by atoms with Crippen LogP contribution in [0.25, 0.3) is 0 Å². The van der Waals surface area contributed by atoms with Gasteiger partial charge in [-0.15, -0.1) is 0 Å². The van der Waals surface area contributed by atoms with Crippen LogP contribution in [-0.2, 0) is 28.6 Å². The standard InChI is InChI=1S/C43H82O6/c1-6-8-9-21-30-35-43(46)49-40(37-48-42(45)34-29-25-20-16-15-18-23-27-32-39(5)7-2)36-47-41(44)33-28-24-19-14-12-10-11-13-17-22-26-31-38(3)4/h38-40H,6-37H2,1-5H3/t39?,40-/m1/s1. The molecule has 0 saturated heterocycles. The topological polar surface area (TPSA) is 78.9 Å². The number of hydrogen-bond donors (Lipinski definition) is 0. The predicted molar refractivity (Wildman–Crippen MR) is 206 cm³/mol. The van der Waals surface area contributed by atoms with Gasteiger partial charge in [-0.25, -0.2) is 0 Å². The number of rotatable bonds is 37. The average molecular weight is 695 g/mol. The highest BCUT2D eigenvalue weighted by Gasteiger charge is 2.19. The van der Waals surface area contributed by atoms with Gasteiger partial charge in [0.15, 0.2) is 6.10 Å². The summed E-state index contributed by atoms with van der Waals surface area (Å²) in [5.74, 6) is 0.798. The molecular weight excluding hydrogens is 612 g/mol. The third-order valence-electron chi connectivity index (χ3n) is 9.83. The van der Waals surface area contributed by atoms with Gasteiger partial charge < -0.3 is 14.2 Å². The fraction of sp³-hybridized carbons (Fsp3) is 0.930. The summed E-state index contributed by atoms with van der Waals surface area (Å²) in [6, 6.07) is 0. The fourth-order valence-corrected chi connectivity index (χ4v) is 6.19. The van der Waals surface area contributed by atoms with E-state index in [0.29, 0.717) is 19.3 Å². The van der Waals surface area contributed by atoms with Crippen molar-refractivity contribution in [3.63, 3.8) is 0 Å². The Morgan fingerprint density at radius 1 is 0.429 bits per heavy atom. The minimum absolute atomic E-state index is 0.0669. The van der Waals surface area contributed by atoms with E-state index in [1.807, 2.05) is 0 Å². The zero-order chi connectivity index (χ0) is 36.2. The average Bonchev–Trinajstić information content (AvgIpc) is 3.08. The third kappa shape index (κ3) is 36.0. The van der Waals surface area contributed by atoms with Crippen molar-refractivity contribution in [2.45, 2.75) is 233 Å². The Morgan fingerprint density at radius 3 is 1.16 bits per heavy atom. The number of hydrogen-bond acceptors (Lipinski definition) is 6. The minimum atomic E-state index is -0.758. The normalized spacial score (nSPS) is 12.6. The smallest absolute Gasteiger partial charge is 0.306 e. The molecule has 0 aromatic heterocycles. The van der Waals surface area contributed by atoms with Crippen LogP contribution in [0.1, 0.15) is 227 Å². The molecule has 0 aromatic rings. The monoisotopic (exact) mass is 695 g/mol. The van der Waals surface area contributed by atoms with Crippen LogP contribution in [0, 0.1) is 11.8 Å². The Labute approximate surface area is 304 Å². The molecule has 0 rings (SSSR count). The summed E-state index contributed by atoms with van der Waals surface area (Å²) in [7, 11) is 0. The van der Waals surface area contributed by atoms with Gasteiger partial charge in [-0.1, -0.05) is 189 Å². The molecular formula is C43H82O6. The third-order valence-corrected chi connectivity index (χ3v) is 9.83. The quantitative estimate of drug-likeness (QED) is 0.0366. The first-order valence-electron chi connectivity index (χ1n) is 21.3. The lowest BCUT2D eigenvalue weighted by Crippen LogP contribution is -2.30. The molecule has 0 spiro atoms. The van der Waals surface area contributed by atoms with Crippen molar-refractivity contribution < 1.29 is 28.6 Å². The highest BCUT2D eigenvalue weighted by atomic mass is 16.6. The van der Waals surface area contributed by atoms with Crippen LogP contribution in [0.15, 0.2) is 0 Å². The van der Waals surface area contributed by atoms with Crippen LogP contribution < -0.4 is 0 Å². The Bertz CT molecular complexity index is 751.